The molecule has 1 saturated heterocycles. The van der Waals surface area contributed by atoms with E-state index in [-0.39, 0.29) is 21.9 Å². The molecular formula is C24H29ClN2O3S. The molecular weight excluding hydrogens is 432 g/mol. The van der Waals surface area contributed by atoms with Crippen LogP contribution in [0.2, 0.25) is 5.02 Å². The van der Waals surface area contributed by atoms with Crippen LogP contribution in [0.5, 0.6) is 0 Å². The van der Waals surface area contributed by atoms with Gasteiger partial charge in [0.15, 0.2) is 0 Å². The Bertz CT molecular complexity index is 1080. The van der Waals surface area contributed by atoms with Gasteiger partial charge in [0.2, 0.25) is 10.0 Å². The van der Waals surface area contributed by atoms with E-state index in [0.29, 0.717) is 18.7 Å². The first-order valence-corrected chi connectivity index (χ1v) is 12.9. The fraction of sp³-hybridized carbons (Fsp3) is 0.458. The fourth-order valence-corrected chi connectivity index (χ4v) is 6.49. The van der Waals surface area contributed by atoms with Crippen LogP contribution in [0.15, 0.2) is 41.3 Å². The van der Waals surface area contributed by atoms with Crippen molar-refractivity contribution in [1.29, 1.82) is 0 Å². The SMILES string of the molecule is CC(NC(=O)c1ccc(Cl)c(S(=O)(=O)N2CCCCC2)c1)c1ccc2c(c1)CCCC2. The lowest BCUT2D eigenvalue weighted by Gasteiger charge is -2.26. The standard InChI is InChI=1S/C24H29ClN2O3S/c1-17(19-10-9-18-7-3-4-8-20(18)15-19)26-24(28)21-11-12-22(25)23(16-21)31(29,30)27-13-5-2-6-14-27/h9-12,15-17H,2-8,13-14H2,1H3,(H,26,28). The lowest BCUT2D eigenvalue weighted by molar-refractivity contribution is 0.0939. The number of carbonyl (C=O) groups excluding carboxylic acids is 1. The smallest absolute Gasteiger partial charge is 0.251 e. The zero-order valence-corrected chi connectivity index (χ0v) is 19.4. The number of rotatable bonds is 5. The average molecular weight is 461 g/mol. The molecule has 5 nitrogen and oxygen atoms in total. The van der Waals surface area contributed by atoms with Crippen LogP contribution >= 0.6 is 11.6 Å². The van der Waals surface area contributed by atoms with Crippen molar-refractivity contribution < 1.29 is 13.2 Å². The predicted molar refractivity (Wildman–Crippen MR) is 123 cm³/mol. The maximum atomic E-state index is 13.1. The number of sulfonamides is 1. The highest BCUT2D eigenvalue weighted by molar-refractivity contribution is 7.89. The quantitative estimate of drug-likeness (QED) is 0.691. The van der Waals surface area contributed by atoms with Gasteiger partial charge < -0.3 is 5.32 Å². The molecule has 166 valence electrons. The minimum absolute atomic E-state index is 0.00477. The summed E-state index contributed by atoms with van der Waals surface area (Å²) in [6, 6.07) is 10.7. The van der Waals surface area contributed by atoms with E-state index >= 15 is 0 Å². The number of piperidine rings is 1. The first kappa shape index (κ1) is 22.3. The van der Waals surface area contributed by atoms with E-state index in [1.165, 1.54) is 40.4 Å². The van der Waals surface area contributed by atoms with E-state index in [9.17, 15) is 13.2 Å². The first-order chi connectivity index (χ1) is 14.9. The van der Waals surface area contributed by atoms with E-state index in [4.69, 9.17) is 11.6 Å². The molecule has 1 amide bonds. The van der Waals surface area contributed by atoms with Gasteiger partial charge in [-0.2, -0.15) is 4.31 Å². The number of amides is 1. The van der Waals surface area contributed by atoms with Crippen molar-refractivity contribution in [3.05, 3.63) is 63.7 Å². The van der Waals surface area contributed by atoms with Crippen LogP contribution in [0.25, 0.3) is 0 Å². The molecule has 1 atom stereocenters. The van der Waals surface area contributed by atoms with Crippen LogP contribution in [0.1, 0.15) is 72.1 Å². The van der Waals surface area contributed by atoms with Gasteiger partial charge in [-0.25, -0.2) is 8.42 Å². The summed E-state index contributed by atoms with van der Waals surface area (Å²) >= 11 is 6.24. The second kappa shape index (κ2) is 9.31. The van der Waals surface area contributed by atoms with E-state index < -0.39 is 10.0 Å². The Morgan fingerprint density at radius 2 is 1.68 bits per heavy atom. The molecule has 0 spiro atoms. The van der Waals surface area contributed by atoms with Crippen molar-refractivity contribution in [3.8, 4) is 0 Å². The highest BCUT2D eigenvalue weighted by atomic mass is 35.5. The highest BCUT2D eigenvalue weighted by Gasteiger charge is 2.29. The Hall–Kier alpha value is -1.89. The summed E-state index contributed by atoms with van der Waals surface area (Å²) in [7, 11) is -3.72. The number of benzene rings is 2. The third kappa shape index (κ3) is 4.81. The van der Waals surface area contributed by atoms with Crippen LogP contribution in [0.4, 0.5) is 0 Å². The molecule has 1 unspecified atom stereocenters. The Balaban J connectivity index is 1.53. The number of halogens is 1. The number of hydrogen-bond donors (Lipinski definition) is 1. The van der Waals surface area contributed by atoms with E-state index in [2.05, 4.69) is 23.5 Å². The van der Waals surface area contributed by atoms with Gasteiger partial charge in [-0.05, 0) is 80.3 Å². The van der Waals surface area contributed by atoms with Crippen LogP contribution in [0, 0.1) is 0 Å². The molecule has 1 fully saturated rings. The molecule has 4 rings (SSSR count). The molecule has 31 heavy (non-hydrogen) atoms. The zero-order valence-electron chi connectivity index (χ0n) is 17.9. The van der Waals surface area contributed by atoms with Gasteiger partial charge in [0.1, 0.15) is 4.90 Å². The van der Waals surface area contributed by atoms with Crippen LogP contribution in [-0.4, -0.2) is 31.7 Å². The number of fused-ring (bicyclic) bond motifs is 1. The monoisotopic (exact) mass is 460 g/mol. The van der Waals surface area contributed by atoms with E-state index in [1.54, 1.807) is 6.07 Å². The molecule has 0 bridgehead atoms. The minimum Gasteiger partial charge on any atom is -0.346 e. The second-order valence-corrected chi connectivity index (χ2v) is 10.9. The molecule has 1 aliphatic heterocycles. The number of aryl methyl sites for hydroxylation is 2. The Kier molecular flexibility index (Phi) is 6.70. The third-order valence-corrected chi connectivity index (χ3v) is 8.73. The van der Waals surface area contributed by atoms with Gasteiger partial charge in [0.25, 0.3) is 5.91 Å². The van der Waals surface area contributed by atoms with E-state index in [0.717, 1.165) is 37.7 Å². The Morgan fingerprint density at radius 3 is 2.42 bits per heavy atom. The van der Waals surface area contributed by atoms with Crippen molar-refractivity contribution >= 4 is 27.5 Å². The second-order valence-electron chi connectivity index (χ2n) is 8.54. The maximum absolute atomic E-state index is 13.1. The molecule has 0 radical (unpaired) electrons. The molecule has 7 heteroatoms. The number of nitrogens with one attached hydrogen (secondary N) is 1. The summed E-state index contributed by atoms with van der Waals surface area (Å²) in [5.41, 5.74) is 4.12. The first-order valence-electron chi connectivity index (χ1n) is 11.1. The molecule has 2 aromatic rings. The van der Waals surface area contributed by atoms with Gasteiger partial charge in [0, 0.05) is 18.7 Å². The third-order valence-electron chi connectivity index (χ3n) is 6.35. The molecule has 0 saturated carbocycles. The topological polar surface area (TPSA) is 66.5 Å². The molecule has 1 N–H and O–H groups in total. The lowest BCUT2D eigenvalue weighted by atomic mass is 9.89. The average Bonchev–Trinajstić information content (AvgIpc) is 2.79. The van der Waals surface area contributed by atoms with Gasteiger partial charge >= 0.3 is 0 Å². The Labute approximate surface area is 189 Å². The predicted octanol–water partition coefficient (Wildman–Crippen LogP) is 4.88. The Morgan fingerprint density at radius 1 is 0.968 bits per heavy atom. The molecule has 1 aliphatic carbocycles. The van der Waals surface area contributed by atoms with Crippen LogP contribution < -0.4 is 5.32 Å². The number of hydrogen-bond acceptors (Lipinski definition) is 3. The summed E-state index contributed by atoms with van der Waals surface area (Å²) in [5, 5.41) is 3.15. The summed E-state index contributed by atoms with van der Waals surface area (Å²) in [5.74, 6) is -0.308. The van der Waals surface area contributed by atoms with Gasteiger partial charge in [-0.3, -0.25) is 4.79 Å². The van der Waals surface area contributed by atoms with Gasteiger partial charge in [0.05, 0.1) is 11.1 Å². The lowest BCUT2D eigenvalue weighted by Crippen LogP contribution is -2.36. The molecule has 1 heterocycles. The van der Waals surface area contributed by atoms with Crippen molar-refractivity contribution in [2.24, 2.45) is 0 Å². The summed E-state index contributed by atoms with van der Waals surface area (Å²) in [6.07, 6.45) is 7.36. The summed E-state index contributed by atoms with van der Waals surface area (Å²) in [6.45, 7) is 2.93. The normalized spacial score (nSPS) is 18.3. The van der Waals surface area contributed by atoms with E-state index in [1.807, 2.05) is 6.92 Å². The molecule has 2 aliphatic rings. The number of carbonyl (C=O) groups is 1. The summed E-state index contributed by atoms with van der Waals surface area (Å²) in [4.78, 5) is 12.9. The zero-order chi connectivity index (χ0) is 22.0. The fourth-order valence-electron chi connectivity index (χ4n) is 4.47. The molecule has 0 aromatic heterocycles. The molecule has 2 aromatic carbocycles. The number of nitrogens with zero attached hydrogens (tertiary/aromatic N) is 1. The largest absolute Gasteiger partial charge is 0.346 e. The van der Waals surface area contributed by atoms with Crippen molar-refractivity contribution in [1.82, 2.24) is 9.62 Å². The van der Waals surface area contributed by atoms with Crippen molar-refractivity contribution in [3.63, 3.8) is 0 Å². The van der Waals surface area contributed by atoms with Gasteiger partial charge in [-0.1, -0.05) is 36.2 Å². The highest BCUT2D eigenvalue weighted by Crippen LogP contribution is 2.29. The van der Waals surface area contributed by atoms with Crippen molar-refractivity contribution in [2.45, 2.75) is 62.8 Å². The van der Waals surface area contributed by atoms with Crippen LogP contribution in [-0.2, 0) is 22.9 Å². The summed E-state index contributed by atoms with van der Waals surface area (Å²) < 4.78 is 27.6. The van der Waals surface area contributed by atoms with Gasteiger partial charge in [-0.15, -0.1) is 0 Å². The minimum atomic E-state index is -3.72. The van der Waals surface area contributed by atoms with Crippen LogP contribution in [0.3, 0.4) is 0 Å². The van der Waals surface area contributed by atoms with Crippen molar-refractivity contribution in [2.75, 3.05) is 13.1 Å². The maximum Gasteiger partial charge on any atom is 0.251 e.